The van der Waals surface area contributed by atoms with Gasteiger partial charge in [-0.2, -0.15) is 5.10 Å². The van der Waals surface area contributed by atoms with Gasteiger partial charge in [0.15, 0.2) is 11.6 Å². The van der Waals surface area contributed by atoms with Crippen LogP contribution < -0.4 is 5.32 Å². The maximum Gasteiger partial charge on any atom is 0.294 e. The van der Waals surface area contributed by atoms with Gasteiger partial charge in [-0.05, 0) is 19.1 Å². The third kappa shape index (κ3) is 2.64. The second kappa shape index (κ2) is 5.16. The quantitative estimate of drug-likeness (QED) is 0.795. The van der Waals surface area contributed by atoms with Crippen LogP contribution in [0.15, 0.2) is 41.3 Å². The number of halogens is 1. The monoisotopic (exact) mass is 287 g/mol. The Balaban J connectivity index is 1.80. The first-order valence-electron chi connectivity index (χ1n) is 6.04. The predicted octanol–water partition coefficient (Wildman–Crippen LogP) is 1.96. The molecular formula is C13H10FN5O2. The predicted molar refractivity (Wildman–Crippen MR) is 70.5 cm³/mol. The maximum absolute atomic E-state index is 13.6. The molecular weight excluding hydrogens is 277 g/mol. The highest BCUT2D eigenvalue weighted by atomic mass is 19.1. The summed E-state index contributed by atoms with van der Waals surface area (Å²) in [5, 5.41) is 10.2. The van der Waals surface area contributed by atoms with Gasteiger partial charge in [-0.25, -0.2) is 14.1 Å². The zero-order valence-corrected chi connectivity index (χ0v) is 10.9. The fourth-order valence-corrected chi connectivity index (χ4v) is 1.71. The van der Waals surface area contributed by atoms with E-state index in [1.807, 2.05) is 0 Å². The zero-order valence-electron chi connectivity index (χ0n) is 10.9. The molecule has 0 aliphatic heterocycles. The fourth-order valence-electron chi connectivity index (χ4n) is 1.71. The highest BCUT2D eigenvalue weighted by Gasteiger charge is 2.13. The average molecular weight is 287 g/mol. The smallest absolute Gasteiger partial charge is 0.294 e. The van der Waals surface area contributed by atoms with Crippen molar-refractivity contribution in [2.75, 3.05) is 5.32 Å². The highest BCUT2D eigenvalue weighted by molar-refractivity contribution is 6.02. The van der Waals surface area contributed by atoms with Gasteiger partial charge in [0.2, 0.25) is 5.76 Å². The van der Waals surface area contributed by atoms with E-state index >= 15 is 0 Å². The standard InChI is InChI=1S/C13H10FN5O2/c1-8-5-11(21-18-8)13(20)17-9-6-16-19(7-9)12-10(14)3-2-4-15-12/h2-7H,1H3,(H,17,20). The van der Waals surface area contributed by atoms with Crippen molar-refractivity contribution in [2.24, 2.45) is 0 Å². The summed E-state index contributed by atoms with van der Waals surface area (Å²) in [6.45, 7) is 1.71. The number of carbonyl (C=O) groups excluding carboxylic acids is 1. The Morgan fingerprint density at radius 2 is 2.33 bits per heavy atom. The molecule has 0 radical (unpaired) electrons. The van der Waals surface area contributed by atoms with Gasteiger partial charge in [0.25, 0.3) is 5.91 Å². The van der Waals surface area contributed by atoms with Crippen LogP contribution in [0.1, 0.15) is 16.2 Å². The number of aryl methyl sites for hydroxylation is 1. The number of carbonyl (C=O) groups is 1. The first kappa shape index (κ1) is 13.0. The number of aromatic nitrogens is 4. The van der Waals surface area contributed by atoms with Crippen LogP contribution in [0, 0.1) is 12.7 Å². The number of nitrogens with one attached hydrogen (secondary N) is 1. The normalized spacial score (nSPS) is 10.6. The third-order valence-corrected chi connectivity index (χ3v) is 2.65. The molecule has 0 spiro atoms. The summed E-state index contributed by atoms with van der Waals surface area (Å²) < 4.78 is 19.7. The van der Waals surface area contributed by atoms with E-state index in [-0.39, 0.29) is 11.6 Å². The molecule has 1 N–H and O–H groups in total. The molecule has 8 heteroatoms. The molecule has 106 valence electrons. The number of pyridine rings is 1. The fraction of sp³-hybridized carbons (Fsp3) is 0.0769. The Hall–Kier alpha value is -3.03. The van der Waals surface area contributed by atoms with Gasteiger partial charge in [0, 0.05) is 12.3 Å². The van der Waals surface area contributed by atoms with Crippen LogP contribution in [0.5, 0.6) is 0 Å². The second-order valence-corrected chi connectivity index (χ2v) is 4.27. The van der Waals surface area contributed by atoms with Crippen LogP contribution in [0.2, 0.25) is 0 Å². The Kier molecular flexibility index (Phi) is 3.19. The van der Waals surface area contributed by atoms with Gasteiger partial charge in [-0.3, -0.25) is 4.79 Å². The van der Waals surface area contributed by atoms with E-state index in [9.17, 15) is 9.18 Å². The van der Waals surface area contributed by atoms with Crippen molar-refractivity contribution in [1.29, 1.82) is 0 Å². The summed E-state index contributed by atoms with van der Waals surface area (Å²) in [6, 6.07) is 4.27. The van der Waals surface area contributed by atoms with Crippen molar-refractivity contribution >= 4 is 11.6 Å². The molecule has 0 saturated heterocycles. The van der Waals surface area contributed by atoms with Crippen molar-refractivity contribution in [3.05, 3.63) is 54.1 Å². The number of nitrogens with zero attached hydrogens (tertiary/aromatic N) is 4. The summed E-state index contributed by atoms with van der Waals surface area (Å²) in [6.07, 6.45) is 4.29. The molecule has 3 rings (SSSR count). The molecule has 0 aromatic carbocycles. The Morgan fingerprint density at radius 1 is 1.48 bits per heavy atom. The number of hydrogen-bond donors (Lipinski definition) is 1. The van der Waals surface area contributed by atoms with Gasteiger partial charge in [-0.1, -0.05) is 5.16 Å². The van der Waals surface area contributed by atoms with E-state index in [1.54, 1.807) is 6.92 Å². The molecule has 7 nitrogen and oxygen atoms in total. The second-order valence-electron chi connectivity index (χ2n) is 4.27. The molecule has 21 heavy (non-hydrogen) atoms. The molecule has 3 aromatic rings. The molecule has 0 aliphatic rings. The minimum absolute atomic E-state index is 0.0495. The molecule has 0 unspecified atom stereocenters. The van der Waals surface area contributed by atoms with Crippen LogP contribution in [0.4, 0.5) is 10.1 Å². The van der Waals surface area contributed by atoms with Crippen molar-refractivity contribution in [3.63, 3.8) is 0 Å². The first-order chi connectivity index (χ1) is 10.1. The lowest BCUT2D eigenvalue weighted by Crippen LogP contribution is -2.10. The number of amides is 1. The SMILES string of the molecule is Cc1cc(C(=O)Nc2cnn(-c3ncccc3F)c2)on1. The number of hydrogen-bond acceptors (Lipinski definition) is 5. The van der Waals surface area contributed by atoms with Gasteiger partial charge in [-0.15, -0.1) is 0 Å². The van der Waals surface area contributed by atoms with Gasteiger partial charge < -0.3 is 9.84 Å². The van der Waals surface area contributed by atoms with Crippen molar-refractivity contribution in [1.82, 2.24) is 19.9 Å². The van der Waals surface area contributed by atoms with Gasteiger partial charge in [0.1, 0.15) is 0 Å². The topological polar surface area (TPSA) is 85.8 Å². The largest absolute Gasteiger partial charge is 0.351 e. The summed E-state index contributed by atoms with van der Waals surface area (Å²) in [4.78, 5) is 15.8. The summed E-state index contributed by atoms with van der Waals surface area (Å²) in [7, 11) is 0. The van der Waals surface area contributed by atoms with E-state index in [2.05, 4.69) is 20.6 Å². The van der Waals surface area contributed by atoms with E-state index < -0.39 is 11.7 Å². The Bertz CT molecular complexity index is 795. The molecule has 0 saturated carbocycles. The van der Waals surface area contributed by atoms with E-state index in [0.29, 0.717) is 11.4 Å². The average Bonchev–Trinajstić information content (AvgIpc) is 3.08. The van der Waals surface area contributed by atoms with Gasteiger partial charge in [0.05, 0.1) is 23.8 Å². The van der Waals surface area contributed by atoms with E-state index in [0.717, 1.165) is 0 Å². The minimum Gasteiger partial charge on any atom is -0.351 e. The van der Waals surface area contributed by atoms with E-state index in [1.165, 1.54) is 41.5 Å². The van der Waals surface area contributed by atoms with Crippen LogP contribution in [0.3, 0.4) is 0 Å². The third-order valence-electron chi connectivity index (χ3n) is 2.65. The maximum atomic E-state index is 13.6. The molecule has 0 fully saturated rings. The summed E-state index contributed by atoms with van der Waals surface area (Å²) >= 11 is 0. The van der Waals surface area contributed by atoms with Crippen LogP contribution in [0.25, 0.3) is 5.82 Å². The molecule has 1 amide bonds. The highest BCUT2D eigenvalue weighted by Crippen LogP contribution is 2.13. The molecule has 0 aliphatic carbocycles. The Morgan fingerprint density at radius 3 is 3.05 bits per heavy atom. The van der Waals surface area contributed by atoms with Crippen LogP contribution >= 0.6 is 0 Å². The summed E-state index contributed by atoms with van der Waals surface area (Å²) in [5.74, 6) is -0.834. The molecule has 0 atom stereocenters. The van der Waals surface area contributed by atoms with Crippen molar-refractivity contribution < 1.29 is 13.7 Å². The lowest BCUT2D eigenvalue weighted by molar-refractivity contribution is 0.0988. The van der Waals surface area contributed by atoms with Crippen molar-refractivity contribution in [3.8, 4) is 5.82 Å². The van der Waals surface area contributed by atoms with Crippen molar-refractivity contribution in [2.45, 2.75) is 6.92 Å². The molecule has 0 bridgehead atoms. The van der Waals surface area contributed by atoms with E-state index in [4.69, 9.17) is 4.52 Å². The lowest BCUT2D eigenvalue weighted by atomic mass is 10.3. The number of rotatable bonds is 3. The number of anilines is 1. The summed E-state index contributed by atoms with van der Waals surface area (Å²) in [5.41, 5.74) is 0.991. The lowest BCUT2D eigenvalue weighted by Gasteiger charge is -2.00. The molecule has 3 heterocycles. The molecule has 3 aromatic heterocycles. The van der Waals surface area contributed by atoms with Gasteiger partial charge >= 0.3 is 0 Å². The van der Waals surface area contributed by atoms with Crippen LogP contribution in [-0.2, 0) is 0 Å². The zero-order chi connectivity index (χ0) is 14.8. The Labute approximate surface area is 118 Å². The first-order valence-corrected chi connectivity index (χ1v) is 6.04. The van der Waals surface area contributed by atoms with Crippen LogP contribution in [-0.4, -0.2) is 25.8 Å². The minimum atomic E-state index is -0.510.